The van der Waals surface area contributed by atoms with Crippen LogP contribution in [0.5, 0.6) is 0 Å². The fourth-order valence-electron chi connectivity index (χ4n) is 1.27. The van der Waals surface area contributed by atoms with E-state index >= 15 is 0 Å². The molecular weight excluding hydrogens is 182 g/mol. The van der Waals surface area contributed by atoms with Gasteiger partial charge in [0.05, 0.1) is 5.69 Å². The molecule has 0 amide bonds. The maximum Gasteiger partial charge on any atom is 0.194 e. The van der Waals surface area contributed by atoms with E-state index in [4.69, 9.17) is 5.73 Å². The van der Waals surface area contributed by atoms with Crippen LogP contribution < -0.4 is 5.73 Å². The molecule has 2 N–H and O–H groups in total. The summed E-state index contributed by atoms with van der Waals surface area (Å²) in [4.78, 5) is 6.76. The summed E-state index contributed by atoms with van der Waals surface area (Å²) in [7, 11) is 0. The average Bonchev–Trinajstić information content (AvgIpc) is 2.59. The summed E-state index contributed by atoms with van der Waals surface area (Å²) in [6, 6.07) is 0. The predicted octanol–water partition coefficient (Wildman–Crippen LogP) is 1.77. The van der Waals surface area contributed by atoms with E-state index in [-0.39, 0.29) is 0 Å². The number of hydrogen-bond acceptors (Lipinski definition) is 3. The molecule has 2 aromatic heterocycles. The average molecular weight is 195 g/mol. The minimum Gasteiger partial charge on any atom is -0.330 e. The molecule has 0 aliphatic rings. The molecule has 0 spiro atoms. The molecule has 0 aliphatic heterocycles. The SMILES string of the molecule is Cc1cn2cc(C(C)CN)sc2n1. The second-order valence-corrected chi connectivity index (χ2v) is 4.38. The first-order valence-corrected chi connectivity index (χ1v) is 5.17. The molecule has 0 aromatic carbocycles. The topological polar surface area (TPSA) is 43.3 Å². The van der Waals surface area contributed by atoms with Crippen LogP contribution >= 0.6 is 11.3 Å². The number of thiazole rings is 1. The minimum atomic E-state index is 0.437. The van der Waals surface area contributed by atoms with Gasteiger partial charge in [0, 0.05) is 23.2 Å². The van der Waals surface area contributed by atoms with E-state index in [1.165, 1.54) is 4.88 Å². The van der Waals surface area contributed by atoms with Gasteiger partial charge in [-0.2, -0.15) is 0 Å². The highest BCUT2D eigenvalue weighted by Gasteiger charge is 2.09. The second-order valence-electron chi connectivity index (χ2n) is 3.34. The van der Waals surface area contributed by atoms with Gasteiger partial charge in [-0.3, -0.25) is 4.40 Å². The van der Waals surface area contributed by atoms with Crippen LogP contribution in [0.15, 0.2) is 12.4 Å². The van der Waals surface area contributed by atoms with Gasteiger partial charge in [-0.1, -0.05) is 6.92 Å². The highest BCUT2D eigenvalue weighted by molar-refractivity contribution is 7.17. The van der Waals surface area contributed by atoms with Crippen molar-refractivity contribution < 1.29 is 0 Å². The second kappa shape index (κ2) is 3.12. The van der Waals surface area contributed by atoms with Crippen LogP contribution in [0.4, 0.5) is 0 Å². The third-order valence-corrected chi connectivity index (χ3v) is 3.36. The number of imidazole rings is 1. The van der Waals surface area contributed by atoms with Crippen LogP contribution in [0, 0.1) is 6.92 Å². The van der Waals surface area contributed by atoms with Crippen LogP contribution in [0.25, 0.3) is 4.96 Å². The lowest BCUT2D eigenvalue weighted by atomic mass is 10.2. The van der Waals surface area contributed by atoms with Crippen molar-refractivity contribution in [3.05, 3.63) is 23.0 Å². The third-order valence-electron chi connectivity index (χ3n) is 2.13. The first-order valence-electron chi connectivity index (χ1n) is 4.36. The van der Waals surface area contributed by atoms with E-state index in [1.807, 2.05) is 13.1 Å². The van der Waals surface area contributed by atoms with Crippen LogP contribution in [0.1, 0.15) is 23.4 Å². The zero-order valence-corrected chi connectivity index (χ0v) is 8.64. The van der Waals surface area contributed by atoms with Gasteiger partial charge >= 0.3 is 0 Å². The zero-order valence-electron chi connectivity index (χ0n) is 7.82. The van der Waals surface area contributed by atoms with Crippen LogP contribution in [0.2, 0.25) is 0 Å². The number of nitrogens with two attached hydrogens (primary N) is 1. The Bertz CT molecular complexity index is 384. The number of aryl methyl sites for hydroxylation is 1. The molecule has 0 fully saturated rings. The van der Waals surface area contributed by atoms with Gasteiger partial charge in [-0.25, -0.2) is 4.98 Å². The maximum absolute atomic E-state index is 5.60. The first-order chi connectivity index (χ1) is 6.20. The van der Waals surface area contributed by atoms with Crippen molar-refractivity contribution in [2.75, 3.05) is 6.54 Å². The standard InChI is InChI=1S/C9H13N3S/c1-6(3-10)8-5-12-4-7(2)11-9(12)13-8/h4-6H,3,10H2,1-2H3. The summed E-state index contributed by atoms with van der Waals surface area (Å²) in [6.07, 6.45) is 4.16. The molecule has 70 valence electrons. The highest BCUT2D eigenvalue weighted by atomic mass is 32.1. The van der Waals surface area contributed by atoms with E-state index in [0.29, 0.717) is 12.5 Å². The highest BCUT2D eigenvalue weighted by Crippen LogP contribution is 2.24. The molecule has 13 heavy (non-hydrogen) atoms. The summed E-state index contributed by atoms with van der Waals surface area (Å²) in [5.41, 5.74) is 6.67. The van der Waals surface area contributed by atoms with Crippen LogP contribution in [0.3, 0.4) is 0 Å². The molecular formula is C9H13N3S. The van der Waals surface area contributed by atoms with Crippen LogP contribution in [-0.4, -0.2) is 15.9 Å². The zero-order chi connectivity index (χ0) is 9.42. The third kappa shape index (κ3) is 1.47. The summed E-state index contributed by atoms with van der Waals surface area (Å²) in [6.45, 7) is 4.84. The van der Waals surface area contributed by atoms with Gasteiger partial charge in [0.1, 0.15) is 0 Å². The van der Waals surface area contributed by atoms with E-state index in [9.17, 15) is 0 Å². The predicted molar refractivity (Wildman–Crippen MR) is 55.3 cm³/mol. The summed E-state index contributed by atoms with van der Waals surface area (Å²) in [5.74, 6) is 0.437. The molecule has 2 rings (SSSR count). The molecule has 4 heteroatoms. The fourth-order valence-corrected chi connectivity index (χ4v) is 2.35. The lowest BCUT2D eigenvalue weighted by Crippen LogP contribution is -2.07. The summed E-state index contributed by atoms with van der Waals surface area (Å²) >= 11 is 1.72. The molecule has 0 bridgehead atoms. The monoisotopic (exact) mass is 195 g/mol. The Balaban J connectivity index is 2.45. The Kier molecular flexibility index (Phi) is 2.09. The van der Waals surface area contributed by atoms with Crippen LogP contribution in [-0.2, 0) is 0 Å². The summed E-state index contributed by atoms with van der Waals surface area (Å²) in [5, 5.41) is 0. The van der Waals surface area contributed by atoms with Gasteiger partial charge < -0.3 is 5.73 Å². The fraction of sp³-hybridized carbons (Fsp3) is 0.444. The molecule has 2 aromatic rings. The van der Waals surface area contributed by atoms with Crippen molar-refractivity contribution >= 4 is 16.3 Å². The number of hydrogen-bond donors (Lipinski definition) is 1. The number of rotatable bonds is 2. The molecule has 0 radical (unpaired) electrons. The van der Waals surface area contributed by atoms with Gasteiger partial charge in [0.25, 0.3) is 0 Å². The number of fused-ring (bicyclic) bond motifs is 1. The number of nitrogens with zero attached hydrogens (tertiary/aromatic N) is 2. The molecule has 3 nitrogen and oxygen atoms in total. The van der Waals surface area contributed by atoms with Gasteiger partial charge in [-0.15, -0.1) is 11.3 Å². The first kappa shape index (κ1) is 8.72. The Hall–Kier alpha value is -0.870. The lowest BCUT2D eigenvalue weighted by Gasteiger charge is -2.01. The smallest absolute Gasteiger partial charge is 0.194 e. The molecule has 0 aliphatic carbocycles. The molecule has 0 saturated carbocycles. The van der Waals surface area contributed by atoms with Gasteiger partial charge in [-0.05, 0) is 13.5 Å². The van der Waals surface area contributed by atoms with Gasteiger partial charge in [0.15, 0.2) is 4.96 Å². The largest absolute Gasteiger partial charge is 0.330 e. The van der Waals surface area contributed by atoms with E-state index in [2.05, 4.69) is 22.5 Å². The quantitative estimate of drug-likeness (QED) is 0.793. The Morgan fingerprint density at radius 2 is 2.38 bits per heavy atom. The molecule has 0 saturated heterocycles. The van der Waals surface area contributed by atoms with Crippen molar-refractivity contribution in [1.82, 2.24) is 9.38 Å². The van der Waals surface area contributed by atoms with Gasteiger partial charge in [0.2, 0.25) is 0 Å². The molecule has 1 atom stereocenters. The van der Waals surface area contributed by atoms with Crippen molar-refractivity contribution in [1.29, 1.82) is 0 Å². The van der Waals surface area contributed by atoms with E-state index < -0.39 is 0 Å². The molecule has 2 heterocycles. The molecule has 1 unspecified atom stereocenters. The van der Waals surface area contributed by atoms with Crippen molar-refractivity contribution in [2.45, 2.75) is 19.8 Å². The van der Waals surface area contributed by atoms with Crippen molar-refractivity contribution in [3.63, 3.8) is 0 Å². The van der Waals surface area contributed by atoms with E-state index in [1.54, 1.807) is 11.3 Å². The maximum atomic E-state index is 5.60. The van der Waals surface area contributed by atoms with Crippen molar-refractivity contribution in [3.8, 4) is 0 Å². The Morgan fingerprint density at radius 1 is 1.62 bits per heavy atom. The number of aromatic nitrogens is 2. The summed E-state index contributed by atoms with van der Waals surface area (Å²) < 4.78 is 2.07. The normalized spacial score (nSPS) is 13.8. The van der Waals surface area contributed by atoms with Crippen molar-refractivity contribution in [2.24, 2.45) is 5.73 Å². The van der Waals surface area contributed by atoms with E-state index in [0.717, 1.165) is 10.7 Å². The Morgan fingerprint density at radius 3 is 3.00 bits per heavy atom. The minimum absolute atomic E-state index is 0.437. The Labute approximate surface area is 81.2 Å². The lowest BCUT2D eigenvalue weighted by molar-refractivity contribution is 0.786.